The third kappa shape index (κ3) is 2.31. The Kier molecular flexibility index (Phi) is 2.81. The average molecular weight is 230 g/mol. The van der Waals surface area contributed by atoms with Crippen molar-refractivity contribution in [3.8, 4) is 0 Å². The second-order valence-corrected chi connectivity index (χ2v) is 4.78. The smallest absolute Gasteiger partial charge is 0.157 e. The number of hydrogen-bond donors (Lipinski definition) is 1. The number of aryl methyl sites for hydroxylation is 1. The first-order chi connectivity index (χ1) is 8.36. The van der Waals surface area contributed by atoms with Gasteiger partial charge in [-0.05, 0) is 30.9 Å². The van der Waals surface area contributed by atoms with Gasteiger partial charge in [-0.2, -0.15) is 5.10 Å². The van der Waals surface area contributed by atoms with Gasteiger partial charge in [-0.1, -0.05) is 6.92 Å². The molecule has 17 heavy (non-hydrogen) atoms. The zero-order valence-electron chi connectivity index (χ0n) is 10.2. The Labute approximate surface area is 101 Å². The molecule has 1 aliphatic carbocycles. The Morgan fingerprint density at radius 3 is 3.06 bits per heavy atom. The first kappa shape index (κ1) is 10.7. The molecule has 90 valence electrons. The summed E-state index contributed by atoms with van der Waals surface area (Å²) < 4.78 is 1.98. The van der Waals surface area contributed by atoms with Gasteiger partial charge in [0.2, 0.25) is 0 Å². The van der Waals surface area contributed by atoms with E-state index in [1.165, 1.54) is 18.4 Å². The minimum atomic E-state index is 0.744. The number of nitrogens with zero attached hydrogens (tertiary/aromatic N) is 3. The van der Waals surface area contributed by atoms with Gasteiger partial charge in [0, 0.05) is 30.7 Å². The fraction of sp³-hybridized carbons (Fsp3) is 0.538. The summed E-state index contributed by atoms with van der Waals surface area (Å²) in [5.41, 5.74) is 2.25. The molecular weight excluding hydrogens is 212 g/mol. The van der Waals surface area contributed by atoms with Crippen LogP contribution >= 0.6 is 0 Å². The van der Waals surface area contributed by atoms with Crippen molar-refractivity contribution < 1.29 is 0 Å². The average Bonchev–Trinajstić information content (AvgIpc) is 3.10. The zero-order valence-corrected chi connectivity index (χ0v) is 10.2. The highest BCUT2D eigenvalue weighted by Gasteiger charge is 2.20. The third-order valence-electron chi connectivity index (χ3n) is 3.14. The molecule has 1 fully saturated rings. The number of fused-ring (bicyclic) bond motifs is 1. The lowest BCUT2D eigenvalue weighted by molar-refractivity contribution is 0.617. The molecule has 2 heterocycles. The van der Waals surface area contributed by atoms with Gasteiger partial charge in [-0.3, -0.25) is 0 Å². The van der Waals surface area contributed by atoms with Crippen molar-refractivity contribution in [2.45, 2.75) is 45.3 Å². The van der Waals surface area contributed by atoms with E-state index in [9.17, 15) is 0 Å². The molecule has 2 aromatic rings. The summed E-state index contributed by atoms with van der Waals surface area (Å²) in [5, 5.41) is 9.02. The van der Waals surface area contributed by atoms with Gasteiger partial charge in [0.15, 0.2) is 5.65 Å². The van der Waals surface area contributed by atoms with Gasteiger partial charge in [0.25, 0.3) is 0 Å². The molecule has 1 saturated carbocycles. The summed E-state index contributed by atoms with van der Waals surface area (Å²) in [4.78, 5) is 4.52. The highest BCUT2D eigenvalue weighted by atomic mass is 15.3. The first-order valence-electron chi connectivity index (χ1n) is 6.40. The Bertz CT molecular complexity index is 513. The van der Waals surface area contributed by atoms with Crippen LogP contribution in [0.4, 0.5) is 0 Å². The molecule has 0 aromatic carbocycles. The third-order valence-corrected chi connectivity index (χ3v) is 3.14. The highest BCUT2D eigenvalue weighted by molar-refractivity contribution is 5.74. The minimum absolute atomic E-state index is 0.744. The molecule has 0 atom stereocenters. The predicted molar refractivity (Wildman–Crippen MR) is 67.7 cm³/mol. The molecule has 0 amide bonds. The van der Waals surface area contributed by atoms with Gasteiger partial charge in [-0.25, -0.2) is 9.67 Å². The number of aromatic nitrogens is 3. The van der Waals surface area contributed by atoms with Crippen LogP contribution in [-0.4, -0.2) is 20.8 Å². The Morgan fingerprint density at radius 1 is 1.41 bits per heavy atom. The van der Waals surface area contributed by atoms with Gasteiger partial charge in [-0.15, -0.1) is 0 Å². The van der Waals surface area contributed by atoms with E-state index < -0.39 is 0 Å². The molecule has 1 aliphatic rings. The quantitative estimate of drug-likeness (QED) is 0.855. The monoisotopic (exact) mass is 230 g/mol. The largest absolute Gasteiger partial charge is 0.310 e. The molecule has 0 radical (unpaired) electrons. The second-order valence-electron chi connectivity index (χ2n) is 4.78. The lowest BCUT2D eigenvalue weighted by Gasteiger charge is -2.03. The molecule has 0 aliphatic heterocycles. The summed E-state index contributed by atoms with van der Waals surface area (Å²) in [7, 11) is 0. The molecular formula is C13H18N4. The molecule has 0 bridgehead atoms. The van der Waals surface area contributed by atoms with Gasteiger partial charge >= 0.3 is 0 Å². The van der Waals surface area contributed by atoms with Crippen molar-refractivity contribution in [2.75, 3.05) is 0 Å². The van der Waals surface area contributed by atoms with E-state index in [4.69, 9.17) is 0 Å². The fourth-order valence-corrected chi connectivity index (χ4v) is 2.04. The van der Waals surface area contributed by atoms with E-state index in [0.29, 0.717) is 0 Å². The van der Waals surface area contributed by atoms with Crippen molar-refractivity contribution in [2.24, 2.45) is 0 Å². The Morgan fingerprint density at radius 2 is 2.29 bits per heavy atom. The predicted octanol–water partition coefficient (Wildman–Crippen LogP) is 2.09. The summed E-state index contributed by atoms with van der Waals surface area (Å²) >= 11 is 0. The van der Waals surface area contributed by atoms with Crippen LogP contribution in [0.25, 0.3) is 11.0 Å². The van der Waals surface area contributed by atoms with Crippen LogP contribution in [0, 0.1) is 0 Å². The SMILES string of the molecule is CCCn1ncc2cc(CNC3CC3)cnc21. The summed E-state index contributed by atoms with van der Waals surface area (Å²) in [6.07, 6.45) is 7.61. The Hall–Kier alpha value is -1.42. The molecule has 4 heteroatoms. The van der Waals surface area contributed by atoms with Crippen molar-refractivity contribution in [1.29, 1.82) is 0 Å². The number of hydrogen-bond acceptors (Lipinski definition) is 3. The van der Waals surface area contributed by atoms with Gasteiger partial charge < -0.3 is 5.32 Å². The van der Waals surface area contributed by atoms with Crippen molar-refractivity contribution in [3.63, 3.8) is 0 Å². The Balaban J connectivity index is 1.80. The molecule has 1 N–H and O–H groups in total. The van der Waals surface area contributed by atoms with Gasteiger partial charge in [0.1, 0.15) is 0 Å². The fourth-order valence-electron chi connectivity index (χ4n) is 2.04. The standard InChI is InChI=1S/C13H18N4/c1-2-5-17-13-11(9-16-17)6-10(8-15-13)7-14-12-3-4-12/h6,8-9,12,14H,2-5,7H2,1H3. The summed E-state index contributed by atoms with van der Waals surface area (Å²) in [6, 6.07) is 2.94. The van der Waals surface area contributed by atoms with Gasteiger partial charge in [0.05, 0.1) is 6.20 Å². The van der Waals surface area contributed by atoms with E-state index in [2.05, 4.69) is 28.4 Å². The maximum absolute atomic E-state index is 4.52. The second kappa shape index (κ2) is 4.45. The van der Waals surface area contributed by atoms with Crippen LogP contribution in [0.15, 0.2) is 18.5 Å². The van der Waals surface area contributed by atoms with Crippen molar-refractivity contribution >= 4 is 11.0 Å². The van der Waals surface area contributed by atoms with E-state index in [1.807, 2.05) is 17.1 Å². The number of rotatable bonds is 5. The number of nitrogens with one attached hydrogen (secondary N) is 1. The van der Waals surface area contributed by atoms with Crippen LogP contribution in [-0.2, 0) is 13.1 Å². The molecule has 2 aromatic heterocycles. The number of pyridine rings is 1. The molecule has 3 rings (SSSR count). The van der Waals surface area contributed by atoms with E-state index in [-0.39, 0.29) is 0 Å². The maximum Gasteiger partial charge on any atom is 0.157 e. The highest BCUT2D eigenvalue weighted by Crippen LogP contribution is 2.20. The molecule has 0 saturated heterocycles. The van der Waals surface area contributed by atoms with Crippen LogP contribution in [0.3, 0.4) is 0 Å². The van der Waals surface area contributed by atoms with Crippen LogP contribution in [0.1, 0.15) is 31.7 Å². The van der Waals surface area contributed by atoms with Crippen molar-refractivity contribution in [1.82, 2.24) is 20.1 Å². The summed E-state index contributed by atoms with van der Waals surface area (Å²) in [6.45, 7) is 4.02. The van der Waals surface area contributed by atoms with E-state index in [0.717, 1.165) is 36.6 Å². The van der Waals surface area contributed by atoms with Crippen LogP contribution in [0.2, 0.25) is 0 Å². The molecule has 0 spiro atoms. The van der Waals surface area contributed by atoms with Crippen LogP contribution < -0.4 is 5.32 Å². The lowest BCUT2D eigenvalue weighted by atomic mass is 10.2. The minimum Gasteiger partial charge on any atom is -0.310 e. The maximum atomic E-state index is 4.52. The zero-order chi connectivity index (χ0) is 11.7. The van der Waals surface area contributed by atoms with Crippen molar-refractivity contribution in [3.05, 3.63) is 24.0 Å². The molecule has 0 unspecified atom stereocenters. The molecule has 4 nitrogen and oxygen atoms in total. The first-order valence-corrected chi connectivity index (χ1v) is 6.40. The topological polar surface area (TPSA) is 42.7 Å². The summed E-state index contributed by atoms with van der Waals surface area (Å²) in [5.74, 6) is 0. The normalized spacial score (nSPS) is 15.6. The van der Waals surface area contributed by atoms with E-state index in [1.54, 1.807) is 0 Å². The van der Waals surface area contributed by atoms with Crippen LogP contribution in [0.5, 0.6) is 0 Å². The van der Waals surface area contributed by atoms with E-state index >= 15 is 0 Å². The lowest BCUT2D eigenvalue weighted by Crippen LogP contribution is -2.15.